The summed E-state index contributed by atoms with van der Waals surface area (Å²) in [4.78, 5) is 24.9. The van der Waals surface area contributed by atoms with E-state index in [0.717, 1.165) is 77.0 Å². The quantitative estimate of drug-likeness (QED) is 0.132. The predicted molar refractivity (Wildman–Crippen MR) is 132 cm³/mol. The topological polar surface area (TPSA) is 52.6 Å². The molecule has 1 aromatic rings. The Morgan fingerprint density at radius 2 is 1.03 bits per heavy atom. The summed E-state index contributed by atoms with van der Waals surface area (Å²) >= 11 is 0. The van der Waals surface area contributed by atoms with E-state index in [1.165, 1.54) is 11.1 Å². The highest BCUT2D eigenvalue weighted by Crippen LogP contribution is 2.15. The van der Waals surface area contributed by atoms with Gasteiger partial charge in [-0.2, -0.15) is 0 Å². The van der Waals surface area contributed by atoms with E-state index in [9.17, 15) is 9.59 Å². The minimum Gasteiger partial charge on any atom is -0.462 e. The number of rotatable bonds is 18. The Morgan fingerprint density at radius 1 is 0.656 bits per heavy atom. The molecule has 0 radical (unpaired) electrons. The van der Waals surface area contributed by atoms with Crippen molar-refractivity contribution < 1.29 is 19.1 Å². The van der Waals surface area contributed by atoms with Gasteiger partial charge in [-0.05, 0) is 63.5 Å². The number of ether oxygens (including phenoxy) is 2. The van der Waals surface area contributed by atoms with Crippen molar-refractivity contribution in [3.8, 4) is 0 Å². The van der Waals surface area contributed by atoms with Gasteiger partial charge < -0.3 is 9.47 Å². The minimum atomic E-state index is -0.465. The van der Waals surface area contributed by atoms with Crippen LogP contribution in [0.1, 0.15) is 112 Å². The average Bonchev–Trinajstić information content (AvgIpc) is 2.81. The van der Waals surface area contributed by atoms with Crippen LogP contribution in [0.5, 0.6) is 0 Å². The first-order valence-electron chi connectivity index (χ1n) is 12.3. The van der Waals surface area contributed by atoms with Gasteiger partial charge in [-0.1, -0.05) is 76.0 Å². The molecule has 0 amide bonds. The lowest BCUT2D eigenvalue weighted by Crippen LogP contribution is -2.15. The summed E-state index contributed by atoms with van der Waals surface area (Å²) in [5.74, 6) is -0.930. The summed E-state index contributed by atoms with van der Waals surface area (Å²) in [7, 11) is 0. The van der Waals surface area contributed by atoms with E-state index < -0.39 is 11.9 Å². The molecule has 0 N–H and O–H groups in total. The maximum absolute atomic E-state index is 12.5. The van der Waals surface area contributed by atoms with Crippen molar-refractivity contribution in [3.63, 3.8) is 0 Å². The molecule has 0 bridgehead atoms. The van der Waals surface area contributed by atoms with Gasteiger partial charge >= 0.3 is 11.9 Å². The van der Waals surface area contributed by atoms with E-state index in [-0.39, 0.29) is 11.1 Å². The smallest absolute Gasteiger partial charge is 0.339 e. The molecule has 0 fully saturated rings. The van der Waals surface area contributed by atoms with E-state index in [2.05, 4.69) is 27.0 Å². The molecule has 4 nitrogen and oxygen atoms in total. The molecular formula is C28H42O4. The highest BCUT2D eigenvalue weighted by atomic mass is 16.5. The number of hydrogen-bond acceptors (Lipinski definition) is 4. The third kappa shape index (κ3) is 11.9. The van der Waals surface area contributed by atoms with Crippen LogP contribution < -0.4 is 0 Å². The van der Waals surface area contributed by atoms with E-state index >= 15 is 0 Å². The summed E-state index contributed by atoms with van der Waals surface area (Å²) in [5.41, 5.74) is 3.13. The van der Waals surface area contributed by atoms with Gasteiger partial charge in [0.2, 0.25) is 0 Å². The fraction of sp³-hybridized carbons (Fsp3) is 0.571. The SMILES string of the molecule is C=C(CC)CCCCCCOC(=O)c1ccccc1C(=O)OCCCCCCC(=C)CC. The predicted octanol–water partition coefficient (Wildman–Crippen LogP) is 7.83. The molecule has 0 unspecified atom stereocenters. The van der Waals surface area contributed by atoms with Crippen LogP contribution in [0.15, 0.2) is 48.6 Å². The Morgan fingerprint density at radius 3 is 1.41 bits per heavy atom. The fourth-order valence-corrected chi connectivity index (χ4v) is 3.34. The second kappa shape index (κ2) is 17.2. The zero-order chi connectivity index (χ0) is 23.6. The first-order valence-corrected chi connectivity index (χ1v) is 12.3. The molecule has 0 aliphatic heterocycles. The highest BCUT2D eigenvalue weighted by molar-refractivity contribution is 6.03. The first kappa shape index (κ1) is 27.7. The lowest BCUT2D eigenvalue weighted by molar-refractivity contribution is 0.0450. The Bertz CT molecular complexity index is 659. The molecule has 0 aliphatic rings. The van der Waals surface area contributed by atoms with Crippen LogP contribution in [-0.2, 0) is 9.47 Å². The molecule has 32 heavy (non-hydrogen) atoms. The van der Waals surface area contributed by atoms with Gasteiger partial charge in [-0.3, -0.25) is 0 Å². The molecule has 1 rings (SSSR count). The number of benzene rings is 1. The highest BCUT2D eigenvalue weighted by Gasteiger charge is 2.18. The lowest BCUT2D eigenvalue weighted by atomic mass is 10.1. The van der Waals surface area contributed by atoms with Crippen LogP contribution in [0.2, 0.25) is 0 Å². The molecule has 0 atom stereocenters. The van der Waals surface area contributed by atoms with Crippen molar-refractivity contribution in [1.29, 1.82) is 0 Å². The molecule has 1 aromatic carbocycles. The van der Waals surface area contributed by atoms with Gasteiger partial charge in [0.15, 0.2) is 0 Å². The van der Waals surface area contributed by atoms with Gasteiger partial charge in [0, 0.05) is 0 Å². The van der Waals surface area contributed by atoms with Crippen molar-refractivity contribution in [3.05, 3.63) is 59.7 Å². The molecule has 0 saturated carbocycles. The normalized spacial score (nSPS) is 10.6. The Balaban J connectivity index is 2.31. The second-order valence-electron chi connectivity index (χ2n) is 8.35. The lowest BCUT2D eigenvalue weighted by Gasteiger charge is -2.10. The monoisotopic (exact) mass is 442 g/mol. The minimum absolute atomic E-state index is 0.273. The van der Waals surface area contributed by atoms with Gasteiger partial charge in [-0.15, -0.1) is 0 Å². The molecule has 4 heteroatoms. The number of carbonyl (C=O) groups is 2. The largest absolute Gasteiger partial charge is 0.462 e. The second-order valence-corrected chi connectivity index (χ2v) is 8.35. The number of unbranched alkanes of at least 4 members (excludes halogenated alkanes) is 6. The molecule has 0 heterocycles. The Kier molecular flexibility index (Phi) is 14.9. The third-order valence-electron chi connectivity index (χ3n) is 5.68. The first-order chi connectivity index (χ1) is 15.5. The Labute approximate surface area is 195 Å². The van der Waals surface area contributed by atoms with E-state index in [1.807, 2.05) is 0 Å². The summed E-state index contributed by atoms with van der Waals surface area (Å²) in [5, 5.41) is 0. The Hall–Kier alpha value is -2.36. The van der Waals surface area contributed by atoms with Crippen LogP contribution in [0.25, 0.3) is 0 Å². The van der Waals surface area contributed by atoms with Crippen LogP contribution in [0.4, 0.5) is 0 Å². The summed E-state index contributed by atoms with van der Waals surface area (Å²) in [6, 6.07) is 6.71. The molecule has 0 saturated heterocycles. The van der Waals surface area contributed by atoms with Crippen LogP contribution in [0, 0.1) is 0 Å². The summed E-state index contributed by atoms with van der Waals surface area (Å²) in [6.07, 6.45) is 12.4. The van der Waals surface area contributed by atoms with Crippen molar-refractivity contribution in [2.75, 3.05) is 13.2 Å². The summed E-state index contributed by atoms with van der Waals surface area (Å²) < 4.78 is 10.8. The van der Waals surface area contributed by atoms with E-state index in [4.69, 9.17) is 9.47 Å². The molecule has 0 aliphatic carbocycles. The van der Waals surface area contributed by atoms with Crippen molar-refractivity contribution in [1.82, 2.24) is 0 Å². The van der Waals surface area contributed by atoms with Gasteiger partial charge in [0.05, 0.1) is 24.3 Å². The molecule has 0 spiro atoms. The third-order valence-corrected chi connectivity index (χ3v) is 5.68. The number of carbonyl (C=O) groups excluding carboxylic acids is 2. The van der Waals surface area contributed by atoms with Gasteiger partial charge in [0.25, 0.3) is 0 Å². The zero-order valence-corrected chi connectivity index (χ0v) is 20.3. The van der Waals surface area contributed by atoms with Crippen molar-refractivity contribution >= 4 is 11.9 Å². The fourth-order valence-electron chi connectivity index (χ4n) is 3.34. The molecule has 0 aromatic heterocycles. The molecular weight excluding hydrogens is 400 g/mol. The van der Waals surface area contributed by atoms with Crippen molar-refractivity contribution in [2.45, 2.75) is 90.9 Å². The number of hydrogen-bond donors (Lipinski definition) is 0. The molecule has 178 valence electrons. The number of esters is 2. The van der Waals surface area contributed by atoms with Gasteiger partial charge in [0.1, 0.15) is 0 Å². The van der Waals surface area contributed by atoms with Crippen LogP contribution in [0.3, 0.4) is 0 Å². The zero-order valence-electron chi connectivity index (χ0n) is 20.3. The van der Waals surface area contributed by atoms with E-state index in [1.54, 1.807) is 24.3 Å². The van der Waals surface area contributed by atoms with Crippen LogP contribution >= 0.6 is 0 Å². The average molecular weight is 443 g/mol. The summed E-state index contributed by atoms with van der Waals surface area (Å²) in [6.45, 7) is 13.0. The standard InChI is InChI=1S/C28H42O4/c1-5-23(3)17-11-7-9-15-21-31-27(29)25-19-13-14-20-26(25)28(30)32-22-16-10-8-12-18-24(4)6-2/h13-14,19-20H,3-12,15-18,21-22H2,1-2H3. The number of allylic oxidation sites excluding steroid dienone is 2. The maximum atomic E-state index is 12.5. The van der Waals surface area contributed by atoms with Crippen LogP contribution in [-0.4, -0.2) is 25.2 Å². The van der Waals surface area contributed by atoms with Crippen molar-refractivity contribution in [2.24, 2.45) is 0 Å². The maximum Gasteiger partial charge on any atom is 0.339 e. The van der Waals surface area contributed by atoms with E-state index in [0.29, 0.717) is 13.2 Å². The van der Waals surface area contributed by atoms with Gasteiger partial charge in [-0.25, -0.2) is 9.59 Å².